The first-order chi connectivity index (χ1) is 14.1. The molecule has 4 rings (SSSR count). The van der Waals surface area contributed by atoms with Gasteiger partial charge in [-0.15, -0.1) is 0 Å². The van der Waals surface area contributed by atoms with Crippen molar-refractivity contribution in [3.8, 4) is 0 Å². The summed E-state index contributed by atoms with van der Waals surface area (Å²) in [7, 11) is 0. The second kappa shape index (κ2) is 7.72. The number of carbonyl (C=O) groups is 2. The molecule has 144 valence electrons. The first-order valence-corrected chi connectivity index (χ1v) is 9.38. The molecule has 1 amide bonds. The monoisotopic (exact) mass is 384 g/mol. The molecule has 29 heavy (non-hydrogen) atoms. The highest BCUT2D eigenvalue weighted by Gasteiger charge is 2.60. The van der Waals surface area contributed by atoms with Crippen LogP contribution in [0.2, 0.25) is 0 Å². The summed E-state index contributed by atoms with van der Waals surface area (Å²) in [5, 5.41) is 13.0. The van der Waals surface area contributed by atoms with Crippen LogP contribution < -0.4 is 5.43 Å². The smallest absolute Gasteiger partial charge is 0.335 e. The normalized spacial score (nSPS) is 17.0. The molecule has 0 bridgehead atoms. The molecule has 2 N–H and O–H groups in total. The predicted molar refractivity (Wildman–Crippen MR) is 111 cm³/mol. The Kier molecular flexibility index (Phi) is 4.96. The van der Waals surface area contributed by atoms with Gasteiger partial charge in [0, 0.05) is 5.41 Å². The molecule has 1 atom stereocenters. The highest BCUT2D eigenvalue weighted by molar-refractivity contribution is 5.90. The van der Waals surface area contributed by atoms with Gasteiger partial charge in [0.25, 0.3) is 0 Å². The maximum absolute atomic E-state index is 12.8. The van der Waals surface area contributed by atoms with E-state index in [1.165, 1.54) is 18.3 Å². The SMILES string of the molecule is O=C(O)c1ccc(/C=N\NC(=O)[C@H]2CC2(c2ccccc2)c2ccccc2)cc1. The van der Waals surface area contributed by atoms with Crippen molar-refractivity contribution in [2.24, 2.45) is 11.0 Å². The zero-order valence-electron chi connectivity index (χ0n) is 15.7. The number of carbonyl (C=O) groups excluding carboxylic acids is 1. The molecule has 0 radical (unpaired) electrons. The van der Waals surface area contributed by atoms with Crippen molar-refractivity contribution in [1.29, 1.82) is 0 Å². The van der Waals surface area contributed by atoms with E-state index in [0.29, 0.717) is 5.56 Å². The Morgan fingerprint density at radius 1 is 0.897 bits per heavy atom. The summed E-state index contributed by atoms with van der Waals surface area (Å²) in [4.78, 5) is 23.7. The highest BCUT2D eigenvalue weighted by Crippen LogP contribution is 2.58. The molecule has 3 aromatic rings. The summed E-state index contributed by atoms with van der Waals surface area (Å²) in [6.07, 6.45) is 2.24. The lowest BCUT2D eigenvalue weighted by Crippen LogP contribution is -2.25. The van der Waals surface area contributed by atoms with Gasteiger partial charge < -0.3 is 5.11 Å². The molecule has 1 fully saturated rings. The van der Waals surface area contributed by atoms with E-state index in [2.05, 4.69) is 34.8 Å². The fourth-order valence-electron chi connectivity index (χ4n) is 3.82. The van der Waals surface area contributed by atoms with E-state index in [-0.39, 0.29) is 22.8 Å². The molecule has 0 aromatic heterocycles. The first-order valence-electron chi connectivity index (χ1n) is 9.38. The molecule has 0 unspecified atom stereocenters. The Bertz CT molecular complexity index is 1010. The van der Waals surface area contributed by atoms with Crippen molar-refractivity contribution >= 4 is 18.1 Å². The number of hydrazone groups is 1. The number of benzene rings is 3. The van der Waals surface area contributed by atoms with Crippen LogP contribution in [0.15, 0.2) is 90.0 Å². The van der Waals surface area contributed by atoms with Crippen molar-refractivity contribution in [1.82, 2.24) is 5.43 Å². The third kappa shape index (κ3) is 3.67. The van der Waals surface area contributed by atoms with Crippen LogP contribution >= 0.6 is 0 Å². The summed E-state index contributed by atoms with van der Waals surface area (Å²) in [6, 6.07) is 26.5. The average molecular weight is 384 g/mol. The fraction of sp³-hybridized carbons (Fsp3) is 0.125. The zero-order valence-corrected chi connectivity index (χ0v) is 15.7. The number of aromatic carboxylic acids is 1. The summed E-state index contributed by atoms with van der Waals surface area (Å²) in [5.41, 5.74) is 5.48. The van der Waals surface area contributed by atoms with E-state index in [9.17, 15) is 9.59 Å². The van der Waals surface area contributed by atoms with Gasteiger partial charge in [-0.2, -0.15) is 5.10 Å². The number of hydrogen-bond donors (Lipinski definition) is 2. The lowest BCUT2D eigenvalue weighted by atomic mass is 9.85. The minimum Gasteiger partial charge on any atom is -0.478 e. The maximum Gasteiger partial charge on any atom is 0.335 e. The van der Waals surface area contributed by atoms with Gasteiger partial charge in [-0.05, 0) is 35.2 Å². The van der Waals surface area contributed by atoms with Crippen LogP contribution in [0.3, 0.4) is 0 Å². The summed E-state index contributed by atoms with van der Waals surface area (Å²) in [6.45, 7) is 0. The van der Waals surface area contributed by atoms with Gasteiger partial charge in [-0.25, -0.2) is 10.2 Å². The van der Waals surface area contributed by atoms with Gasteiger partial charge in [0.05, 0.1) is 17.7 Å². The largest absolute Gasteiger partial charge is 0.478 e. The van der Waals surface area contributed by atoms with Crippen molar-refractivity contribution in [3.63, 3.8) is 0 Å². The predicted octanol–water partition coefficient (Wildman–Crippen LogP) is 3.84. The van der Waals surface area contributed by atoms with Gasteiger partial charge >= 0.3 is 5.97 Å². The van der Waals surface area contributed by atoms with E-state index < -0.39 is 5.97 Å². The molecule has 1 aliphatic carbocycles. The Morgan fingerprint density at radius 3 is 1.97 bits per heavy atom. The van der Waals surface area contributed by atoms with E-state index >= 15 is 0 Å². The van der Waals surface area contributed by atoms with E-state index in [1.807, 2.05) is 36.4 Å². The van der Waals surface area contributed by atoms with Crippen molar-refractivity contribution in [3.05, 3.63) is 107 Å². The number of hydrogen-bond acceptors (Lipinski definition) is 3. The van der Waals surface area contributed by atoms with Crippen LogP contribution in [0.5, 0.6) is 0 Å². The topological polar surface area (TPSA) is 78.8 Å². The lowest BCUT2D eigenvalue weighted by Gasteiger charge is -2.18. The van der Waals surface area contributed by atoms with Gasteiger partial charge in [-0.3, -0.25) is 4.79 Å². The molecule has 0 aliphatic heterocycles. The zero-order chi connectivity index (χ0) is 20.3. The van der Waals surface area contributed by atoms with Crippen LogP contribution in [0, 0.1) is 5.92 Å². The second-order valence-electron chi connectivity index (χ2n) is 7.12. The van der Waals surface area contributed by atoms with Gasteiger partial charge in [0.15, 0.2) is 0 Å². The highest BCUT2D eigenvalue weighted by atomic mass is 16.4. The number of nitrogens with one attached hydrogen (secondary N) is 1. The third-order valence-electron chi connectivity index (χ3n) is 5.40. The molecule has 1 aliphatic rings. The van der Waals surface area contributed by atoms with Gasteiger partial charge in [0.2, 0.25) is 5.91 Å². The van der Waals surface area contributed by atoms with E-state index in [4.69, 9.17) is 5.11 Å². The number of carboxylic acid groups (broad SMARTS) is 1. The molecule has 0 saturated heterocycles. The molecular weight excluding hydrogens is 364 g/mol. The van der Waals surface area contributed by atoms with Crippen LogP contribution in [0.4, 0.5) is 0 Å². The van der Waals surface area contributed by atoms with Gasteiger partial charge in [0.1, 0.15) is 0 Å². The molecular formula is C24H20N2O3. The van der Waals surface area contributed by atoms with Crippen molar-refractivity contribution < 1.29 is 14.7 Å². The Morgan fingerprint density at radius 2 is 1.45 bits per heavy atom. The molecule has 0 spiro atoms. The van der Waals surface area contributed by atoms with Crippen molar-refractivity contribution in [2.75, 3.05) is 0 Å². The molecule has 5 nitrogen and oxygen atoms in total. The van der Waals surface area contributed by atoms with Crippen molar-refractivity contribution in [2.45, 2.75) is 11.8 Å². The number of carboxylic acids is 1. The van der Waals surface area contributed by atoms with Crippen LogP contribution in [-0.2, 0) is 10.2 Å². The molecule has 1 saturated carbocycles. The molecule has 0 heterocycles. The molecule has 5 heteroatoms. The molecule has 3 aromatic carbocycles. The quantitative estimate of drug-likeness (QED) is 0.501. The van der Waals surface area contributed by atoms with Crippen LogP contribution in [0.1, 0.15) is 33.5 Å². The third-order valence-corrected chi connectivity index (χ3v) is 5.40. The summed E-state index contributed by atoms with van der Waals surface area (Å²) < 4.78 is 0. The first kappa shape index (κ1) is 18.6. The Hall–Kier alpha value is -3.73. The van der Waals surface area contributed by atoms with Crippen LogP contribution in [-0.4, -0.2) is 23.2 Å². The number of nitrogens with zero attached hydrogens (tertiary/aromatic N) is 1. The Balaban J connectivity index is 1.49. The summed E-state index contributed by atoms with van der Waals surface area (Å²) >= 11 is 0. The van der Waals surface area contributed by atoms with E-state index in [1.54, 1.807) is 12.1 Å². The lowest BCUT2D eigenvalue weighted by molar-refractivity contribution is -0.122. The second-order valence-corrected chi connectivity index (χ2v) is 7.12. The minimum absolute atomic E-state index is 0.129. The van der Waals surface area contributed by atoms with Crippen LogP contribution in [0.25, 0.3) is 0 Å². The minimum atomic E-state index is -0.978. The summed E-state index contributed by atoms with van der Waals surface area (Å²) in [5.74, 6) is -1.30. The Labute approximate surface area is 168 Å². The maximum atomic E-state index is 12.8. The number of rotatable bonds is 6. The van der Waals surface area contributed by atoms with Gasteiger partial charge in [-0.1, -0.05) is 72.8 Å². The average Bonchev–Trinajstić information content (AvgIpc) is 3.52. The standard InChI is InChI=1S/C24H20N2O3/c27-22(26-25-16-17-11-13-18(14-12-17)23(28)29)21-15-24(21,19-7-3-1-4-8-19)20-9-5-2-6-10-20/h1-14,16,21H,15H2,(H,26,27)(H,28,29)/b25-16-/t21-/m1/s1. The van der Waals surface area contributed by atoms with E-state index in [0.717, 1.165) is 17.5 Å². The fourth-order valence-corrected chi connectivity index (χ4v) is 3.82. The number of amides is 1.